The van der Waals surface area contributed by atoms with Gasteiger partial charge in [0.1, 0.15) is 18.6 Å². The molecule has 0 saturated heterocycles. The van der Waals surface area contributed by atoms with Crippen molar-refractivity contribution in [2.24, 2.45) is 5.10 Å². The Morgan fingerprint density at radius 3 is 2.80 bits per heavy atom. The van der Waals surface area contributed by atoms with Gasteiger partial charge in [-0.3, -0.25) is 9.78 Å². The van der Waals surface area contributed by atoms with Crippen LogP contribution >= 0.6 is 11.6 Å². The molecule has 0 spiro atoms. The molecule has 1 aromatic heterocycles. The van der Waals surface area contributed by atoms with Crippen LogP contribution in [0.3, 0.4) is 0 Å². The molecule has 2 N–H and O–H groups in total. The fourth-order valence-corrected chi connectivity index (χ4v) is 2.11. The van der Waals surface area contributed by atoms with Gasteiger partial charge in [-0.25, -0.2) is 5.43 Å². The smallest absolute Gasteiger partial charge is 0.271 e. The van der Waals surface area contributed by atoms with Crippen molar-refractivity contribution in [3.05, 3.63) is 81.2 Å². The molecule has 1 heterocycles. The van der Waals surface area contributed by atoms with Gasteiger partial charge < -0.3 is 4.74 Å². The maximum atomic E-state index is 11.1. The molecule has 0 amide bonds. The van der Waals surface area contributed by atoms with Crippen molar-refractivity contribution in [1.82, 2.24) is 15.2 Å². The summed E-state index contributed by atoms with van der Waals surface area (Å²) in [5.41, 5.74) is 4.03. The summed E-state index contributed by atoms with van der Waals surface area (Å²) in [5.74, 6) is 0.832. The fourth-order valence-electron chi connectivity index (χ4n) is 1.99. The van der Waals surface area contributed by atoms with Crippen LogP contribution in [0.5, 0.6) is 5.75 Å². The van der Waals surface area contributed by atoms with Gasteiger partial charge in [0.25, 0.3) is 5.56 Å². The zero-order valence-corrected chi connectivity index (χ0v) is 13.8. The Hall–Kier alpha value is -3.19. The van der Waals surface area contributed by atoms with Gasteiger partial charge in [-0.1, -0.05) is 35.9 Å². The topological polar surface area (TPSA) is 92.3 Å². The fraction of sp³-hybridized carbons (Fsp3) is 0.0588. The van der Waals surface area contributed by atoms with Crippen LogP contribution in [-0.2, 0) is 6.61 Å². The van der Waals surface area contributed by atoms with E-state index in [9.17, 15) is 4.79 Å². The number of para-hydroxylation sites is 1. The van der Waals surface area contributed by atoms with E-state index in [4.69, 9.17) is 16.3 Å². The molecule has 126 valence electrons. The first-order chi connectivity index (χ1) is 12.2. The zero-order valence-electron chi connectivity index (χ0n) is 13.0. The molecule has 25 heavy (non-hydrogen) atoms. The van der Waals surface area contributed by atoms with Gasteiger partial charge in [0.2, 0.25) is 5.95 Å². The molecule has 0 aliphatic carbocycles. The number of aromatic amines is 1. The van der Waals surface area contributed by atoms with Gasteiger partial charge in [0.15, 0.2) is 0 Å². The van der Waals surface area contributed by atoms with Gasteiger partial charge in [-0.05, 0) is 29.8 Å². The lowest BCUT2D eigenvalue weighted by atomic mass is 10.2. The second-order valence-corrected chi connectivity index (χ2v) is 5.44. The quantitative estimate of drug-likeness (QED) is 0.524. The minimum Gasteiger partial charge on any atom is -0.488 e. The molecule has 0 bridgehead atoms. The van der Waals surface area contributed by atoms with Gasteiger partial charge in [-0.2, -0.15) is 5.10 Å². The molecule has 0 saturated carbocycles. The predicted octanol–water partition coefficient (Wildman–Crippen LogP) is 2.84. The van der Waals surface area contributed by atoms with Crippen LogP contribution in [0.1, 0.15) is 11.1 Å². The molecule has 7 nitrogen and oxygen atoms in total. The average molecular weight is 356 g/mol. The first-order valence-corrected chi connectivity index (χ1v) is 7.76. The average Bonchev–Trinajstić information content (AvgIpc) is 2.62. The van der Waals surface area contributed by atoms with E-state index in [1.807, 2.05) is 48.5 Å². The van der Waals surface area contributed by atoms with E-state index in [1.54, 1.807) is 6.21 Å². The van der Waals surface area contributed by atoms with Crippen LogP contribution < -0.4 is 15.7 Å². The third kappa shape index (κ3) is 4.89. The molecule has 0 aliphatic heterocycles. The van der Waals surface area contributed by atoms with Crippen LogP contribution in [0.4, 0.5) is 5.95 Å². The van der Waals surface area contributed by atoms with E-state index in [1.165, 1.54) is 0 Å². The summed E-state index contributed by atoms with van der Waals surface area (Å²) in [5, 5.41) is 12.0. The maximum Gasteiger partial charge on any atom is 0.271 e. The minimum atomic E-state index is -0.362. The molecular formula is C17H14ClN5O2. The third-order valence-corrected chi connectivity index (χ3v) is 3.43. The summed E-state index contributed by atoms with van der Waals surface area (Å²) in [4.78, 5) is 13.6. The minimum absolute atomic E-state index is 0.156. The number of halogens is 1. The predicted molar refractivity (Wildman–Crippen MR) is 96.1 cm³/mol. The van der Waals surface area contributed by atoms with E-state index in [0.717, 1.165) is 17.3 Å². The van der Waals surface area contributed by atoms with E-state index in [2.05, 4.69) is 25.7 Å². The highest BCUT2D eigenvalue weighted by molar-refractivity contribution is 6.30. The number of rotatable bonds is 6. The van der Waals surface area contributed by atoms with Crippen molar-refractivity contribution in [2.75, 3.05) is 5.43 Å². The number of H-pyrrole nitrogens is 1. The summed E-state index contributed by atoms with van der Waals surface area (Å²) in [6, 6.07) is 14.9. The Morgan fingerprint density at radius 1 is 1.20 bits per heavy atom. The lowest BCUT2D eigenvalue weighted by Crippen LogP contribution is -2.10. The summed E-state index contributed by atoms with van der Waals surface area (Å²) in [7, 11) is 0. The van der Waals surface area contributed by atoms with Crippen molar-refractivity contribution in [2.45, 2.75) is 6.61 Å². The summed E-state index contributed by atoms with van der Waals surface area (Å²) in [6.45, 7) is 0.410. The van der Waals surface area contributed by atoms with Gasteiger partial charge >= 0.3 is 0 Å². The van der Waals surface area contributed by atoms with E-state index in [0.29, 0.717) is 17.4 Å². The molecular weight excluding hydrogens is 342 g/mol. The van der Waals surface area contributed by atoms with Crippen molar-refractivity contribution in [3.63, 3.8) is 0 Å². The highest BCUT2D eigenvalue weighted by Crippen LogP contribution is 2.18. The number of nitrogens with zero attached hydrogens (tertiary/aromatic N) is 3. The Bertz CT molecular complexity index is 925. The van der Waals surface area contributed by atoms with E-state index >= 15 is 0 Å². The highest BCUT2D eigenvalue weighted by Gasteiger charge is 2.02. The van der Waals surface area contributed by atoms with Crippen molar-refractivity contribution in [3.8, 4) is 5.75 Å². The second-order valence-electron chi connectivity index (χ2n) is 5.01. The molecule has 2 aromatic carbocycles. The van der Waals surface area contributed by atoms with E-state index < -0.39 is 0 Å². The van der Waals surface area contributed by atoms with Crippen LogP contribution in [0, 0.1) is 0 Å². The normalized spacial score (nSPS) is 10.8. The third-order valence-electron chi connectivity index (χ3n) is 3.18. The lowest BCUT2D eigenvalue weighted by molar-refractivity contribution is 0.306. The Balaban J connectivity index is 1.66. The number of anilines is 1. The van der Waals surface area contributed by atoms with Crippen molar-refractivity contribution in [1.29, 1.82) is 0 Å². The van der Waals surface area contributed by atoms with Gasteiger partial charge in [0, 0.05) is 10.6 Å². The number of hydrogen-bond acceptors (Lipinski definition) is 6. The molecule has 0 atom stereocenters. The molecule has 3 rings (SSSR count). The van der Waals surface area contributed by atoms with Gasteiger partial charge in [0.05, 0.1) is 6.21 Å². The van der Waals surface area contributed by atoms with Crippen molar-refractivity contribution < 1.29 is 4.74 Å². The molecule has 0 unspecified atom stereocenters. The largest absolute Gasteiger partial charge is 0.488 e. The first kappa shape index (κ1) is 16.7. The zero-order chi connectivity index (χ0) is 17.5. The van der Waals surface area contributed by atoms with Crippen molar-refractivity contribution >= 4 is 23.8 Å². The number of hydrazone groups is 1. The Labute approximate surface area is 148 Å². The number of nitrogens with one attached hydrogen (secondary N) is 2. The van der Waals surface area contributed by atoms with Crippen LogP contribution in [0.15, 0.2) is 64.6 Å². The molecule has 8 heteroatoms. The van der Waals surface area contributed by atoms with Gasteiger partial charge in [-0.15, -0.1) is 10.2 Å². The lowest BCUT2D eigenvalue weighted by Gasteiger charge is -2.09. The maximum absolute atomic E-state index is 11.1. The standard InChI is InChI=1S/C17H14ClN5O2/c18-14-7-5-12(6-8-14)11-25-15-4-2-1-3-13(15)9-19-22-17-21-16(24)10-20-23-17/h1-10H,11H2,(H2,21,22,23,24)/b19-9+. The van der Waals surface area contributed by atoms with Crippen LogP contribution in [-0.4, -0.2) is 21.4 Å². The summed E-state index contributed by atoms with van der Waals surface area (Å²) in [6.07, 6.45) is 2.65. The number of benzene rings is 2. The second kappa shape index (κ2) is 8.07. The first-order valence-electron chi connectivity index (χ1n) is 7.38. The number of ether oxygens (including phenoxy) is 1. The van der Waals surface area contributed by atoms with Crippen LogP contribution in [0.2, 0.25) is 5.02 Å². The van der Waals surface area contributed by atoms with E-state index in [-0.39, 0.29) is 11.5 Å². The number of aromatic nitrogens is 3. The molecule has 0 radical (unpaired) electrons. The summed E-state index contributed by atoms with van der Waals surface area (Å²) >= 11 is 5.87. The Morgan fingerprint density at radius 2 is 2.00 bits per heavy atom. The monoisotopic (exact) mass is 355 g/mol. The Kier molecular flexibility index (Phi) is 5.38. The number of hydrogen-bond donors (Lipinski definition) is 2. The van der Waals surface area contributed by atoms with Crippen LogP contribution in [0.25, 0.3) is 0 Å². The molecule has 0 aliphatic rings. The highest BCUT2D eigenvalue weighted by atomic mass is 35.5. The SMILES string of the molecule is O=c1cnnc(N/N=C/c2ccccc2OCc2ccc(Cl)cc2)[nH]1. The molecule has 3 aromatic rings. The summed E-state index contributed by atoms with van der Waals surface area (Å²) < 4.78 is 5.84. The molecule has 0 fully saturated rings.